The minimum atomic E-state index is -0.389. The van der Waals surface area contributed by atoms with Crippen molar-refractivity contribution in [3.63, 3.8) is 0 Å². The summed E-state index contributed by atoms with van der Waals surface area (Å²) in [6.07, 6.45) is 0. The molecule has 0 aliphatic heterocycles. The molecule has 0 spiro atoms. The average Bonchev–Trinajstić information content (AvgIpc) is 2.31. The van der Waals surface area contributed by atoms with Crippen molar-refractivity contribution in [2.24, 2.45) is 11.7 Å². The van der Waals surface area contributed by atoms with Gasteiger partial charge in [-0.05, 0) is 47.8 Å². The van der Waals surface area contributed by atoms with Crippen molar-refractivity contribution in [1.29, 1.82) is 0 Å². The largest absolute Gasteiger partial charge is 0.345 e. The number of hydrogen-bond donors (Lipinski definition) is 2. The van der Waals surface area contributed by atoms with Crippen LogP contribution in [0.4, 0.5) is 0 Å². The van der Waals surface area contributed by atoms with E-state index in [2.05, 4.69) is 35.1 Å². The lowest BCUT2D eigenvalue weighted by Gasteiger charge is -2.33. The fourth-order valence-corrected chi connectivity index (χ4v) is 2.00. The van der Waals surface area contributed by atoms with E-state index in [0.29, 0.717) is 12.1 Å². The molecule has 18 heavy (non-hydrogen) atoms. The van der Waals surface area contributed by atoms with Gasteiger partial charge in [0, 0.05) is 11.0 Å². The summed E-state index contributed by atoms with van der Waals surface area (Å²) in [6, 6.07) is 5.72. The lowest BCUT2D eigenvalue weighted by molar-refractivity contribution is 0.0882. The molecule has 3 nitrogen and oxygen atoms in total. The third-order valence-corrected chi connectivity index (χ3v) is 4.16. The molecule has 4 heteroatoms. The van der Waals surface area contributed by atoms with Gasteiger partial charge in [-0.1, -0.05) is 25.5 Å². The summed E-state index contributed by atoms with van der Waals surface area (Å²) in [4.78, 5) is 12.3. The predicted molar refractivity (Wildman–Crippen MR) is 78.6 cm³/mol. The normalized spacial score (nSPS) is 14.4. The number of amides is 1. The zero-order valence-electron chi connectivity index (χ0n) is 11.4. The lowest BCUT2D eigenvalue weighted by atomic mass is 9.88. The highest BCUT2D eigenvalue weighted by molar-refractivity contribution is 9.10. The summed E-state index contributed by atoms with van der Waals surface area (Å²) in [5.41, 5.74) is 7.09. The van der Waals surface area contributed by atoms with E-state index in [4.69, 9.17) is 5.73 Å². The third kappa shape index (κ3) is 3.33. The molecule has 0 heterocycles. The maximum atomic E-state index is 12.3. The van der Waals surface area contributed by atoms with E-state index in [1.54, 1.807) is 0 Å². The van der Waals surface area contributed by atoms with Gasteiger partial charge in [0.15, 0.2) is 0 Å². The Morgan fingerprint density at radius 3 is 2.61 bits per heavy atom. The van der Waals surface area contributed by atoms with Crippen LogP contribution in [0.3, 0.4) is 0 Å². The number of aryl methyl sites for hydroxylation is 1. The number of nitrogens with one attached hydrogen (secondary N) is 1. The molecule has 0 radical (unpaired) electrons. The lowest BCUT2D eigenvalue weighted by Crippen LogP contribution is -2.55. The van der Waals surface area contributed by atoms with E-state index < -0.39 is 0 Å². The van der Waals surface area contributed by atoms with Crippen LogP contribution in [-0.2, 0) is 0 Å². The Morgan fingerprint density at radius 2 is 2.11 bits per heavy atom. The quantitative estimate of drug-likeness (QED) is 0.898. The molecule has 1 aromatic rings. The summed E-state index contributed by atoms with van der Waals surface area (Å²) in [7, 11) is 0. The van der Waals surface area contributed by atoms with Crippen molar-refractivity contribution in [3.8, 4) is 0 Å². The summed E-state index contributed by atoms with van der Waals surface area (Å²) in [6.45, 7) is 8.46. The van der Waals surface area contributed by atoms with E-state index in [-0.39, 0.29) is 17.4 Å². The summed E-state index contributed by atoms with van der Waals surface area (Å²) in [5, 5.41) is 3.03. The predicted octanol–water partition coefficient (Wildman–Crippen LogP) is 2.86. The van der Waals surface area contributed by atoms with Gasteiger partial charge in [-0.2, -0.15) is 0 Å². The molecule has 0 saturated carbocycles. The number of benzene rings is 1. The highest BCUT2D eigenvalue weighted by Crippen LogP contribution is 2.21. The first-order valence-corrected chi connectivity index (χ1v) is 6.88. The van der Waals surface area contributed by atoms with Crippen LogP contribution in [0, 0.1) is 12.8 Å². The Hall–Kier alpha value is -0.870. The van der Waals surface area contributed by atoms with Crippen LogP contribution in [0.25, 0.3) is 0 Å². The van der Waals surface area contributed by atoms with Crippen molar-refractivity contribution >= 4 is 21.8 Å². The molecule has 0 aromatic heterocycles. The standard InChI is InChI=1S/C14H21BrN2O/c1-9(2)14(4,8-16)17-13(18)11-7-10(3)5-6-12(11)15/h5-7,9H,8,16H2,1-4H3,(H,17,18). The van der Waals surface area contributed by atoms with Gasteiger partial charge in [0.25, 0.3) is 5.91 Å². The zero-order chi connectivity index (χ0) is 13.9. The molecule has 0 bridgehead atoms. The Morgan fingerprint density at radius 1 is 1.50 bits per heavy atom. The van der Waals surface area contributed by atoms with Crippen molar-refractivity contribution in [3.05, 3.63) is 33.8 Å². The Labute approximate surface area is 117 Å². The Bertz CT molecular complexity index is 445. The highest BCUT2D eigenvalue weighted by Gasteiger charge is 2.29. The summed E-state index contributed by atoms with van der Waals surface area (Å²) >= 11 is 3.41. The summed E-state index contributed by atoms with van der Waals surface area (Å²) < 4.78 is 0.800. The van der Waals surface area contributed by atoms with Gasteiger partial charge in [0.1, 0.15) is 0 Å². The second-order valence-corrected chi connectivity index (χ2v) is 6.07. The molecule has 1 unspecified atom stereocenters. The molecule has 0 aliphatic rings. The van der Waals surface area contributed by atoms with E-state index in [1.807, 2.05) is 32.0 Å². The van der Waals surface area contributed by atoms with Crippen LogP contribution in [0.1, 0.15) is 36.7 Å². The van der Waals surface area contributed by atoms with Crippen LogP contribution >= 0.6 is 15.9 Å². The monoisotopic (exact) mass is 312 g/mol. The minimum absolute atomic E-state index is 0.0905. The van der Waals surface area contributed by atoms with Gasteiger partial charge in [-0.3, -0.25) is 4.79 Å². The molecule has 3 N–H and O–H groups in total. The van der Waals surface area contributed by atoms with Gasteiger partial charge < -0.3 is 11.1 Å². The average molecular weight is 313 g/mol. The SMILES string of the molecule is Cc1ccc(Br)c(C(=O)NC(C)(CN)C(C)C)c1. The second kappa shape index (κ2) is 5.85. The van der Waals surface area contributed by atoms with Crippen LogP contribution in [0.5, 0.6) is 0 Å². The van der Waals surface area contributed by atoms with Gasteiger partial charge >= 0.3 is 0 Å². The Kier molecular flexibility index (Phi) is 4.93. The number of carbonyl (C=O) groups excluding carboxylic acids is 1. The van der Waals surface area contributed by atoms with Crippen molar-refractivity contribution in [1.82, 2.24) is 5.32 Å². The van der Waals surface area contributed by atoms with E-state index in [1.165, 1.54) is 0 Å². The van der Waals surface area contributed by atoms with Crippen LogP contribution in [0.2, 0.25) is 0 Å². The highest BCUT2D eigenvalue weighted by atomic mass is 79.9. The number of carbonyl (C=O) groups is 1. The topological polar surface area (TPSA) is 55.1 Å². The fourth-order valence-electron chi connectivity index (χ4n) is 1.57. The van der Waals surface area contributed by atoms with Crippen molar-refractivity contribution in [2.75, 3.05) is 6.54 Å². The molecule has 1 atom stereocenters. The van der Waals surface area contributed by atoms with Crippen LogP contribution in [0.15, 0.2) is 22.7 Å². The van der Waals surface area contributed by atoms with Gasteiger partial charge in [0.2, 0.25) is 0 Å². The molecule has 1 rings (SSSR count). The van der Waals surface area contributed by atoms with Crippen molar-refractivity contribution in [2.45, 2.75) is 33.2 Å². The van der Waals surface area contributed by atoms with Gasteiger partial charge in [-0.15, -0.1) is 0 Å². The number of nitrogens with two attached hydrogens (primary N) is 1. The van der Waals surface area contributed by atoms with Crippen molar-refractivity contribution < 1.29 is 4.79 Å². The van der Waals surface area contributed by atoms with Gasteiger partial charge in [-0.25, -0.2) is 0 Å². The first-order valence-electron chi connectivity index (χ1n) is 6.09. The second-order valence-electron chi connectivity index (χ2n) is 5.21. The van der Waals surface area contributed by atoms with E-state index in [0.717, 1.165) is 10.0 Å². The third-order valence-electron chi connectivity index (χ3n) is 3.46. The molecule has 100 valence electrons. The maximum absolute atomic E-state index is 12.3. The molecule has 0 aliphatic carbocycles. The molecule has 0 saturated heterocycles. The molecular weight excluding hydrogens is 292 g/mol. The maximum Gasteiger partial charge on any atom is 0.252 e. The smallest absolute Gasteiger partial charge is 0.252 e. The molecule has 1 aromatic carbocycles. The number of rotatable bonds is 4. The molecular formula is C14H21BrN2O. The van der Waals surface area contributed by atoms with E-state index >= 15 is 0 Å². The molecule has 0 fully saturated rings. The first kappa shape index (κ1) is 15.2. The zero-order valence-corrected chi connectivity index (χ0v) is 13.0. The first-order chi connectivity index (χ1) is 8.30. The minimum Gasteiger partial charge on any atom is -0.345 e. The Balaban J connectivity index is 2.98. The number of halogens is 1. The number of hydrogen-bond acceptors (Lipinski definition) is 2. The molecule has 1 amide bonds. The van der Waals surface area contributed by atoms with E-state index in [9.17, 15) is 4.79 Å². The summed E-state index contributed by atoms with van der Waals surface area (Å²) in [5.74, 6) is 0.183. The van der Waals surface area contributed by atoms with Gasteiger partial charge in [0.05, 0.1) is 11.1 Å². The van der Waals surface area contributed by atoms with Crippen LogP contribution in [-0.4, -0.2) is 18.0 Å². The fraction of sp³-hybridized carbons (Fsp3) is 0.500. The van der Waals surface area contributed by atoms with Crippen LogP contribution < -0.4 is 11.1 Å².